The summed E-state index contributed by atoms with van der Waals surface area (Å²) in [6.07, 6.45) is -0.167. The molecule has 2 aromatic heterocycles. The van der Waals surface area contributed by atoms with Crippen molar-refractivity contribution in [3.8, 4) is 11.5 Å². The summed E-state index contributed by atoms with van der Waals surface area (Å²) in [4.78, 5) is 5.91. The van der Waals surface area contributed by atoms with Crippen LogP contribution in [0.1, 0.15) is 31.7 Å². The summed E-state index contributed by atoms with van der Waals surface area (Å²) in [6, 6.07) is 12.7. The van der Waals surface area contributed by atoms with Gasteiger partial charge in [0.25, 0.3) is 6.43 Å². The Morgan fingerprint density at radius 2 is 1.84 bits per heavy atom. The van der Waals surface area contributed by atoms with Gasteiger partial charge < -0.3 is 15.1 Å². The standard InChI is InChI=1S/C25H32F2N6O3S/c1-16-10-19(16)14-33(15-20(26)27)22-12-18(11-21(29-22)32(3)37(4,34)35)23-30-31-24(36-23)25(2,28)13-17-8-6-5-7-9-17/h5-9,11-12,16,19-20H,10,13-15,28H2,1-4H3. The van der Waals surface area contributed by atoms with Gasteiger partial charge in [0.2, 0.25) is 21.8 Å². The Hall–Kier alpha value is -3.12. The minimum atomic E-state index is -3.67. The molecule has 3 aromatic rings. The lowest BCUT2D eigenvalue weighted by Crippen LogP contribution is -2.35. The summed E-state index contributed by atoms with van der Waals surface area (Å²) in [5, 5.41) is 8.29. The van der Waals surface area contributed by atoms with Crippen molar-refractivity contribution in [2.75, 3.05) is 35.6 Å². The molecule has 2 heterocycles. The van der Waals surface area contributed by atoms with Gasteiger partial charge in [0, 0.05) is 19.2 Å². The van der Waals surface area contributed by atoms with Gasteiger partial charge in [0.1, 0.15) is 11.6 Å². The van der Waals surface area contributed by atoms with Crippen molar-refractivity contribution < 1.29 is 21.6 Å². The number of halogens is 2. The maximum atomic E-state index is 13.5. The molecule has 0 bridgehead atoms. The van der Waals surface area contributed by atoms with E-state index in [-0.39, 0.29) is 29.3 Å². The first-order chi connectivity index (χ1) is 17.3. The molecule has 0 radical (unpaired) electrons. The van der Waals surface area contributed by atoms with Crippen molar-refractivity contribution in [1.82, 2.24) is 15.2 Å². The Morgan fingerprint density at radius 1 is 1.19 bits per heavy atom. The van der Waals surface area contributed by atoms with Crippen LogP contribution in [-0.2, 0) is 22.0 Å². The number of hydrogen-bond donors (Lipinski definition) is 1. The van der Waals surface area contributed by atoms with Gasteiger partial charge >= 0.3 is 0 Å². The van der Waals surface area contributed by atoms with Crippen molar-refractivity contribution in [1.29, 1.82) is 0 Å². The number of anilines is 2. The fourth-order valence-electron chi connectivity index (χ4n) is 4.15. The molecule has 1 saturated carbocycles. The van der Waals surface area contributed by atoms with Gasteiger partial charge in [0.05, 0.1) is 18.3 Å². The van der Waals surface area contributed by atoms with E-state index in [0.29, 0.717) is 24.4 Å². The molecule has 37 heavy (non-hydrogen) atoms. The first-order valence-electron chi connectivity index (χ1n) is 12.0. The molecule has 1 aromatic carbocycles. The topological polar surface area (TPSA) is 118 Å². The van der Waals surface area contributed by atoms with Gasteiger partial charge in [-0.25, -0.2) is 22.2 Å². The summed E-state index contributed by atoms with van der Waals surface area (Å²) >= 11 is 0. The third-order valence-electron chi connectivity index (χ3n) is 6.61. The number of hydrogen-bond acceptors (Lipinski definition) is 8. The fraction of sp³-hybridized carbons (Fsp3) is 0.480. The van der Waals surface area contributed by atoms with Gasteiger partial charge in [-0.05, 0) is 49.3 Å². The third-order valence-corrected chi connectivity index (χ3v) is 7.79. The Morgan fingerprint density at radius 3 is 2.43 bits per heavy atom. The Labute approximate surface area is 215 Å². The third kappa shape index (κ3) is 6.61. The summed E-state index contributed by atoms with van der Waals surface area (Å²) in [6.45, 7) is 3.70. The Kier molecular flexibility index (Phi) is 7.52. The second-order valence-corrected chi connectivity index (χ2v) is 12.1. The Balaban J connectivity index is 1.72. The molecule has 0 amide bonds. The molecule has 3 atom stereocenters. The van der Waals surface area contributed by atoms with Crippen LogP contribution in [0.4, 0.5) is 20.4 Å². The molecule has 1 aliphatic carbocycles. The molecule has 1 fully saturated rings. The normalized spacial score (nSPS) is 19.0. The van der Waals surface area contributed by atoms with Crippen molar-refractivity contribution in [3.05, 3.63) is 53.9 Å². The summed E-state index contributed by atoms with van der Waals surface area (Å²) in [5.41, 5.74) is 6.89. The highest BCUT2D eigenvalue weighted by molar-refractivity contribution is 7.92. The highest BCUT2D eigenvalue weighted by atomic mass is 32.2. The number of pyridine rings is 1. The molecule has 9 nitrogen and oxygen atoms in total. The largest absolute Gasteiger partial charge is 0.419 e. The van der Waals surface area contributed by atoms with E-state index < -0.39 is 28.5 Å². The highest BCUT2D eigenvalue weighted by Gasteiger charge is 2.35. The lowest BCUT2D eigenvalue weighted by atomic mass is 9.94. The number of sulfonamides is 1. The van der Waals surface area contributed by atoms with E-state index in [1.807, 2.05) is 30.3 Å². The number of alkyl halides is 2. The van der Waals surface area contributed by atoms with Crippen LogP contribution in [0.3, 0.4) is 0 Å². The van der Waals surface area contributed by atoms with Crippen LogP contribution in [0, 0.1) is 11.8 Å². The molecule has 200 valence electrons. The second kappa shape index (κ2) is 10.3. The van der Waals surface area contributed by atoms with E-state index in [4.69, 9.17) is 10.2 Å². The molecular formula is C25H32F2N6O3S. The first kappa shape index (κ1) is 26.9. The zero-order valence-electron chi connectivity index (χ0n) is 21.3. The summed E-state index contributed by atoms with van der Waals surface area (Å²) in [7, 11) is -2.33. The van der Waals surface area contributed by atoms with Gasteiger partial charge in [-0.15, -0.1) is 10.2 Å². The SMILES string of the molecule is CC1CC1CN(CC(F)F)c1cc(-c2nnc(C(C)(N)Cc3ccccc3)o2)cc(N(C)S(C)(=O)=O)n1. The van der Waals surface area contributed by atoms with Crippen LogP contribution < -0.4 is 14.9 Å². The van der Waals surface area contributed by atoms with Crippen molar-refractivity contribution >= 4 is 21.7 Å². The number of nitrogens with zero attached hydrogens (tertiary/aromatic N) is 5. The number of benzene rings is 1. The average molecular weight is 535 g/mol. The van der Waals surface area contributed by atoms with Gasteiger partial charge in [0.15, 0.2) is 0 Å². The lowest BCUT2D eigenvalue weighted by Gasteiger charge is -2.26. The molecule has 3 unspecified atom stereocenters. The van der Waals surface area contributed by atoms with Crippen LogP contribution in [-0.4, -0.2) is 56.4 Å². The maximum absolute atomic E-state index is 13.5. The van der Waals surface area contributed by atoms with Gasteiger partial charge in [-0.3, -0.25) is 4.31 Å². The number of rotatable bonds is 11. The van der Waals surface area contributed by atoms with Gasteiger partial charge in [-0.2, -0.15) is 0 Å². The molecule has 0 spiro atoms. The van der Waals surface area contributed by atoms with E-state index in [9.17, 15) is 17.2 Å². The molecule has 0 saturated heterocycles. The minimum absolute atomic E-state index is 0.0534. The predicted octanol–water partition coefficient (Wildman–Crippen LogP) is 3.67. The van der Waals surface area contributed by atoms with Crippen LogP contribution in [0.25, 0.3) is 11.5 Å². The molecule has 4 rings (SSSR count). The van der Waals surface area contributed by atoms with Gasteiger partial charge in [-0.1, -0.05) is 37.3 Å². The smallest absolute Gasteiger partial charge is 0.255 e. The molecular weight excluding hydrogens is 502 g/mol. The van der Waals surface area contributed by atoms with Crippen LogP contribution in [0.2, 0.25) is 0 Å². The van der Waals surface area contributed by atoms with E-state index in [2.05, 4.69) is 22.1 Å². The molecule has 1 aliphatic rings. The summed E-state index contributed by atoms with van der Waals surface area (Å²) < 4.78 is 58.4. The molecule has 12 heteroatoms. The zero-order chi connectivity index (χ0) is 27.0. The first-order valence-corrected chi connectivity index (χ1v) is 13.8. The number of aromatic nitrogens is 3. The summed E-state index contributed by atoms with van der Waals surface area (Å²) in [5.74, 6) is 1.25. The fourth-order valence-corrected chi connectivity index (χ4v) is 4.58. The molecule has 0 aliphatic heterocycles. The van der Waals surface area contributed by atoms with Crippen LogP contribution in [0.15, 0.2) is 46.9 Å². The monoisotopic (exact) mass is 534 g/mol. The quantitative estimate of drug-likeness (QED) is 0.396. The lowest BCUT2D eigenvalue weighted by molar-refractivity contribution is 0.154. The maximum Gasteiger partial charge on any atom is 0.255 e. The van der Waals surface area contributed by atoms with Crippen molar-refractivity contribution in [3.63, 3.8) is 0 Å². The zero-order valence-corrected chi connectivity index (χ0v) is 22.1. The second-order valence-electron chi connectivity index (χ2n) is 10.1. The van der Waals surface area contributed by atoms with E-state index in [0.717, 1.165) is 22.5 Å². The van der Waals surface area contributed by atoms with E-state index in [1.165, 1.54) is 18.0 Å². The average Bonchev–Trinajstić information content (AvgIpc) is 3.29. The predicted molar refractivity (Wildman–Crippen MR) is 138 cm³/mol. The molecule has 2 N–H and O–H groups in total. The highest BCUT2D eigenvalue weighted by Crippen LogP contribution is 2.39. The van der Waals surface area contributed by atoms with Crippen molar-refractivity contribution in [2.45, 2.75) is 38.7 Å². The van der Waals surface area contributed by atoms with E-state index in [1.54, 1.807) is 13.0 Å². The minimum Gasteiger partial charge on any atom is -0.419 e. The Bertz CT molecular complexity index is 1330. The van der Waals surface area contributed by atoms with Crippen LogP contribution >= 0.6 is 0 Å². The number of nitrogens with two attached hydrogens (primary N) is 1. The van der Waals surface area contributed by atoms with E-state index >= 15 is 0 Å². The van der Waals surface area contributed by atoms with Crippen molar-refractivity contribution in [2.24, 2.45) is 17.6 Å². The van der Waals surface area contributed by atoms with Crippen LogP contribution in [0.5, 0.6) is 0 Å².